The van der Waals surface area contributed by atoms with Crippen molar-refractivity contribution in [2.75, 3.05) is 5.88 Å². The molecule has 1 heterocycles. The monoisotopic (exact) mass is 218 g/mol. The van der Waals surface area contributed by atoms with E-state index in [4.69, 9.17) is 16.3 Å². The van der Waals surface area contributed by atoms with Crippen molar-refractivity contribution in [1.29, 1.82) is 0 Å². The van der Waals surface area contributed by atoms with Crippen LogP contribution in [0.1, 0.15) is 6.42 Å². The van der Waals surface area contributed by atoms with Gasteiger partial charge in [0.25, 0.3) is 0 Å². The topological polar surface area (TPSA) is 26.3 Å². The second kappa shape index (κ2) is 3.84. The van der Waals surface area contributed by atoms with Crippen molar-refractivity contribution in [2.24, 2.45) is 5.92 Å². The Morgan fingerprint density at radius 2 is 2.15 bits per heavy atom. The molecule has 1 fully saturated rings. The third-order valence-corrected chi connectivity index (χ3v) is 3.19. The molecule has 0 radical (unpaired) electrons. The molecule has 0 aromatic carbocycles. The highest BCUT2D eigenvalue weighted by molar-refractivity contribution is 6.81. The maximum absolute atomic E-state index is 11.0. The number of halogens is 1. The molecule has 0 amide bonds. The third-order valence-electron chi connectivity index (χ3n) is 1.82. The minimum atomic E-state index is -1.27. The van der Waals surface area contributed by atoms with Gasteiger partial charge in [0, 0.05) is 5.88 Å². The maximum atomic E-state index is 11.0. The summed E-state index contributed by atoms with van der Waals surface area (Å²) in [6.45, 7) is 6.64. The molecular weight excluding hydrogens is 204 g/mol. The van der Waals surface area contributed by atoms with Crippen LogP contribution >= 0.6 is 11.6 Å². The summed E-state index contributed by atoms with van der Waals surface area (Å²) in [4.78, 5) is 11.0. The zero-order chi connectivity index (χ0) is 10.1. The molecule has 0 aromatic rings. The Balaban J connectivity index is 2.63. The number of esters is 1. The van der Waals surface area contributed by atoms with Crippen LogP contribution in [0.3, 0.4) is 0 Å². The Bertz CT molecular complexity index is 242. The van der Waals surface area contributed by atoms with Crippen LogP contribution < -0.4 is 0 Å². The molecule has 1 aliphatic heterocycles. The smallest absolute Gasteiger partial charge is 0.321 e. The van der Waals surface area contributed by atoms with E-state index in [1.807, 2.05) is 0 Å². The number of rotatable bonds is 3. The number of cyclic esters (lactones) is 1. The molecular formula is C9H15ClO2Si. The van der Waals surface area contributed by atoms with Crippen molar-refractivity contribution in [3.63, 3.8) is 0 Å². The molecule has 1 atom stereocenters. The normalized spacial score (nSPS) is 25.7. The minimum absolute atomic E-state index is 0.0516. The average Bonchev–Trinajstić information content (AvgIpc) is 1.97. The van der Waals surface area contributed by atoms with E-state index in [-0.39, 0.29) is 11.9 Å². The summed E-state index contributed by atoms with van der Waals surface area (Å²) in [6.07, 6.45) is 0.705. The van der Waals surface area contributed by atoms with Gasteiger partial charge in [-0.25, -0.2) is 0 Å². The van der Waals surface area contributed by atoms with E-state index in [1.165, 1.54) is 0 Å². The van der Waals surface area contributed by atoms with Gasteiger partial charge in [-0.15, -0.1) is 11.6 Å². The lowest BCUT2D eigenvalue weighted by Gasteiger charge is -2.29. The largest absolute Gasteiger partial charge is 0.430 e. The third kappa shape index (κ3) is 2.85. The second-order valence-corrected chi connectivity index (χ2v) is 9.76. The van der Waals surface area contributed by atoms with Gasteiger partial charge in [0.15, 0.2) is 0 Å². The van der Waals surface area contributed by atoms with Crippen LogP contribution in [-0.2, 0) is 9.53 Å². The maximum Gasteiger partial charge on any atom is 0.321 e. The molecule has 0 saturated carbocycles. The van der Waals surface area contributed by atoms with Gasteiger partial charge in [-0.3, -0.25) is 4.79 Å². The van der Waals surface area contributed by atoms with Crippen LogP contribution in [-0.4, -0.2) is 19.9 Å². The van der Waals surface area contributed by atoms with Crippen LogP contribution in [0.25, 0.3) is 0 Å². The molecule has 1 unspecified atom stereocenters. The first-order valence-electron chi connectivity index (χ1n) is 4.44. The highest BCUT2D eigenvalue weighted by atomic mass is 35.5. The lowest BCUT2D eigenvalue weighted by atomic mass is 10.0. The Morgan fingerprint density at radius 3 is 2.54 bits per heavy atom. The number of hydrogen-bond donors (Lipinski definition) is 0. The first kappa shape index (κ1) is 10.8. The fourth-order valence-corrected chi connectivity index (χ4v) is 2.57. The summed E-state index contributed by atoms with van der Waals surface area (Å²) in [5, 5.41) is 0. The summed E-state index contributed by atoms with van der Waals surface area (Å²) in [5.41, 5.74) is 2.13. The Kier molecular flexibility index (Phi) is 3.19. The van der Waals surface area contributed by atoms with Crippen LogP contribution in [0, 0.1) is 5.92 Å². The molecule has 1 saturated heterocycles. The van der Waals surface area contributed by atoms with E-state index >= 15 is 0 Å². The lowest BCUT2D eigenvalue weighted by Crippen LogP contribution is -2.35. The molecule has 13 heavy (non-hydrogen) atoms. The number of alkyl halides is 1. The van der Waals surface area contributed by atoms with Gasteiger partial charge in [0.2, 0.25) is 0 Å². The molecule has 2 nitrogen and oxygen atoms in total. The summed E-state index contributed by atoms with van der Waals surface area (Å²) < 4.78 is 4.98. The zero-order valence-electron chi connectivity index (χ0n) is 8.26. The standard InChI is InChI=1S/C9H15ClO2Si/c1-13(2,3)6-8-7(4-5-10)9(11)12-8/h6-7H,4-5H2,1-3H3/b8-6+. The molecule has 74 valence electrons. The fraction of sp³-hybridized carbons (Fsp3) is 0.667. The number of ether oxygens (including phenoxy) is 1. The number of hydrogen-bond acceptors (Lipinski definition) is 2. The molecule has 4 heteroatoms. The van der Waals surface area contributed by atoms with Crippen LogP contribution in [0.15, 0.2) is 11.5 Å². The van der Waals surface area contributed by atoms with Crippen LogP contribution in [0.4, 0.5) is 0 Å². The summed E-state index contributed by atoms with van der Waals surface area (Å²) in [7, 11) is -1.27. The van der Waals surface area contributed by atoms with E-state index in [0.29, 0.717) is 12.3 Å². The Labute approximate surface area is 84.9 Å². The summed E-state index contributed by atoms with van der Waals surface area (Å²) in [6, 6.07) is 0. The van der Waals surface area contributed by atoms with Crippen molar-refractivity contribution in [2.45, 2.75) is 26.1 Å². The van der Waals surface area contributed by atoms with Gasteiger partial charge < -0.3 is 4.74 Å². The quantitative estimate of drug-likeness (QED) is 0.414. The Hall–Kier alpha value is -0.283. The van der Waals surface area contributed by atoms with Gasteiger partial charge in [-0.05, 0) is 6.42 Å². The molecule has 0 spiro atoms. The van der Waals surface area contributed by atoms with Gasteiger partial charge in [-0.1, -0.05) is 25.3 Å². The van der Waals surface area contributed by atoms with Gasteiger partial charge in [0.1, 0.15) is 11.7 Å². The fourth-order valence-electron chi connectivity index (χ4n) is 1.24. The molecule has 1 aliphatic rings. The van der Waals surface area contributed by atoms with Crippen molar-refractivity contribution in [3.05, 3.63) is 11.5 Å². The predicted molar refractivity (Wildman–Crippen MR) is 56.3 cm³/mol. The SMILES string of the molecule is C[Si](C)(C)/C=C1/OC(=O)C1CCCl. The lowest BCUT2D eigenvalue weighted by molar-refractivity contribution is -0.157. The summed E-state index contributed by atoms with van der Waals surface area (Å²) in [5.74, 6) is 1.20. The molecule has 0 aliphatic carbocycles. The molecule has 0 bridgehead atoms. The first-order valence-corrected chi connectivity index (χ1v) is 8.55. The number of carbonyl (C=O) groups is 1. The highest BCUT2D eigenvalue weighted by Gasteiger charge is 2.37. The van der Waals surface area contributed by atoms with Crippen molar-refractivity contribution >= 4 is 25.6 Å². The zero-order valence-corrected chi connectivity index (χ0v) is 10.0. The first-order chi connectivity index (χ1) is 5.94. The van der Waals surface area contributed by atoms with E-state index in [9.17, 15) is 4.79 Å². The van der Waals surface area contributed by atoms with E-state index in [1.54, 1.807) is 0 Å². The van der Waals surface area contributed by atoms with E-state index < -0.39 is 8.07 Å². The highest BCUT2D eigenvalue weighted by Crippen LogP contribution is 2.31. The molecule has 1 rings (SSSR count). The second-order valence-electron chi connectivity index (χ2n) is 4.36. The average molecular weight is 219 g/mol. The van der Waals surface area contributed by atoms with Crippen LogP contribution in [0.5, 0.6) is 0 Å². The van der Waals surface area contributed by atoms with Crippen molar-refractivity contribution in [3.8, 4) is 0 Å². The Morgan fingerprint density at radius 1 is 1.54 bits per heavy atom. The van der Waals surface area contributed by atoms with Gasteiger partial charge in [0.05, 0.1) is 8.07 Å². The van der Waals surface area contributed by atoms with Crippen molar-refractivity contribution in [1.82, 2.24) is 0 Å². The minimum Gasteiger partial charge on any atom is -0.430 e. The molecule has 0 aromatic heterocycles. The summed E-state index contributed by atoms with van der Waals surface area (Å²) >= 11 is 5.59. The molecule has 0 N–H and O–H groups in total. The van der Waals surface area contributed by atoms with Crippen LogP contribution in [0.2, 0.25) is 19.6 Å². The predicted octanol–water partition coefficient (Wildman–Crippen LogP) is 2.55. The van der Waals surface area contributed by atoms with E-state index in [0.717, 1.165) is 5.76 Å². The van der Waals surface area contributed by atoms with Gasteiger partial charge in [-0.2, -0.15) is 0 Å². The van der Waals surface area contributed by atoms with Crippen molar-refractivity contribution < 1.29 is 9.53 Å². The van der Waals surface area contributed by atoms with Gasteiger partial charge >= 0.3 is 5.97 Å². The van der Waals surface area contributed by atoms with E-state index in [2.05, 4.69) is 25.3 Å². The number of carbonyl (C=O) groups excluding carboxylic acids is 1.